The molecule has 13 heavy (non-hydrogen) atoms. The minimum absolute atomic E-state index is 0.749. The van der Waals surface area contributed by atoms with Crippen molar-refractivity contribution >= 4 is 11.6 Å². The van der Waals surface area contributed by atoms with Gasteiger partial charge in [-0.25, -0.2) is 4.98 Å². The van der Waals surface area contributed by atoms with Crippen LogP contribution in [0.5, 0.6) is 0 Å². The van der Waals surface area contributed by atoms with E-state index in [2.05, 4.69) is 10.3 Å². The fourth-order valence-electron chi connectivity index (χ4n) is 1.78. The topological polar surface area (TPSA) is 29.9 Å². The first kappa shape index (κ1) is 9.03. The summed E-state index contributed by atoms with van der Waals surface area (Å²) in [6.07, 6.45) is 6.00. The molecule has 0 spiro atoms. The van der Waals surface area contributed by atoms with Crippen molar-refractivity contribution in [3.05, 3.63) is 17.7 Å². The first-order valence-corrected chi connectivity index (χ1v) is 5.10. The Kier molecular flexibility index (Phi) is 2.86. The average Bonchev–Trinajstić information content (AvgIpc) is 2.54. The fraction of sp³-hybridized carbons (Fsp3) is 0.667. The monoisotopic (exact) mass is 199 g/mol. The SMILES string of the molecule is Clc1cncn1CC1CCNCC1. The van der Waals surface area contributed by atoms with E-state index in [1.54, 1.807) is 6.20 Å². The third-order valence-electron chi connectivity index (χ3n) is 2.58. The molecule has 0 radical (unpaired) electrons. The maximum absolute atomic E-state index is 5.94. The highest BCUT2D eigenvalue weighted by Gasteiger charge is 2.14. The van der Waals surface area contributed by atoms with E-state index >= 15 is 0 Å². The van der Waals surface area contributed by atoms with E-state index in [1.165, 1.54) is 12.8 Å². The summed E-state index contributed by atoms with van der Waals surface area (Å²) in [5.41, 5.74) is 0. The van der Waals surface area contributed by atoms with E-state index in [-0.39, 0.29) is 0 Å². The molecule has 0 bridgehead atoms. The van der Waals surface area contributed by atoms with Gasteiger partial charge in [-0.15, -0.1) is 0 Å². The van der Waals surface area contributed by atoms with Gasteiger partial charge in [0.1, 0.15) is 5.15 Å². The van der Waals surface area contributed by atoms with Crippen LogP contribution in [0.2, 0.25) is 5.15 Å². The van der Waals surface area contributed by atoms with Gasteiger partial charge in [-0.2, -0.15) is 0 Å². The van der Waals surface area contributed by atoms with Gasteiger partial charge in [0.25, 0.3) is 0 Å². The minimum atomic E-state index is 0.749. The zero-order chi connectivity index (χ0) is 9.10. The Morgan fingerprint density at radius 1 is 1.54 bits per heavy atom. The summed E-state index contributed by atoms with van der Waals surface area (Å²) in [7, 11) is 0. The van der Waals surface area contributed by atoms with Crippen molar-refractivity contribution < 1.29 is 0 Å². The Hall–Kier alpha value is -0.540. The molecule has 4 heteroatoms. The molecule has 0 amide bonds. The van der Waals surface area contributed by atoms with Crippen LogP contribution in [0.1, 0.15) is 12.8 Å². The quantitative estimate of drug-likeness (QED) is 0.783. The number of imidazole rings is 1. The second-order valence-corrected chi connectivity index (χ2v) is 3.95. The number of halogens is 1. The van der Waals surface area contributed by atoms with Crippen LogP contribution in [-0.4, -0.2) is 22.6 Å². The molecule has 0 aromatic carbocycles. The van der Waals surface area contributed by atoms with Crippen molar-refractivity contribution in [3.8, 4) is 0 Å². The molecule has 1 aromatic heterocycles. The Bertz CT molecular complexity index is 266. The number of aromatic nitrogens is 2. The maximum atomic E-state index is 5.94. The van der Waals surface area contributed by atoms with Crippen molar-refractivity contribution in [1.29, 1.82) is 0 Å². The van der Waals surface area contributed by atoms with Gasteiger partial charge in [0, 0.05) is 6.54 Å². The number of hydrogen-bond acceptors (Lipinski definition) is 2. The Balaban J connectivity index is 1.93. The molecule has 1 aliphatic heterocycles. The van der Waals surface area contributed by atoms with Gasteiger partial charge in [0.15, 0.2) is 0 Å². The van der Waals surface area contributed by atoms with Crippen LogP contribution in [0.25, 0.3) is 0 Å². The zero-order valence-corrected chi connectivity index (χ0v) is 8.30. The van der Waals surface area contributed by atoms with Gasteiger partial charge >= 0.3 is 0 Å². The first-order valence-electron chi connectivity index (χ1n) is 4.72. The van der Waals surface area contributed by atoms with E-state index in [0.29, 0.717) is 0 Å². The third kappa shape index (κ3) is 2.23. The van der Waals surface area contributed by atoms with Crippen molar-refractivity contribution in [2.45, 2.75) is 19.4 Å². The van der Waals surface area contributed by atoms with E-state index in [1.807, 2.05) is 10.9 Å². The Labute approximate surface area is 83.1 Å². The summed E-state index contributed by atoms with van der Waals surface area (Å²) in [5, 5.41) is 4.10. The molecule has 1 N–H and O–H groups in total. The molecule has 1 aromatic rings. The molecule has 2 heterocycles. The molecule has 1 saturated heterocycles. The summed E-state index contributed by atoms with van der Waals surface area (Å²) in [6, 6.07) is 0. The van der Waals surface area contributed by atoms with Gasteiger partial charge < -0.3 is 9.88 Å². The average molecular weight is 200 g/mol. The number of piperidine rings is 1. The van der Waals surface area contributed by atoms with Crippen LogP contribution in [0.15, 0.2) is 12.5 Å². The zero-order valence-electron chi connectivity index (χ0n) is 7.54. The number of hydrogen-bond donors (Lipinski definition) is 1. The highest BCUT2D eigenvalue weighted by Crippen LogP contribution is 2.17. The molecular weight excluding hydrogens is 186 g/mol. The maximum Gasteiger partial charge on any atom is 0.128 e. The number of nitrogens with one attached hydrogen (secondary N) is 1. The molecule has 0 aliphatic carbocycles. The summed E-state index contributed by atoms with van der Waals surface area (Å²) < 4.78 is 2.03. The standard InChI is InChI=1S/C9H14ClN3/c10-9-5-12-7-13(9)6-8-1-3-11-4-2-8/h5,7-8,11H,1-4,6H2. The van der Waals surface area contributed by atoms with Crippen LogP contribution in [0.3, 0.4) is 0 Å². The smallest absolute Gasteiger partial charge is 0.128 e. The van der Waals surface area contributed by atoms with Crippen LogP contribution < -0.4 is 5.32 Å². The van der Waals surface area contributed by atoms with Crippen LogP contribution in [0, 0.1) is 5.92 Å². The highest BCUT2D eigenvalue weighted by molar-refractivity contribution is 6.29. The minimum Gasteiger partial charge on any atom is -0.321 e. The Morgan fingerprint density at radius 2 is 2.31 bits per heavy atom. The van der Waals surface area contributed by atoms with Gasteiger partial charge in [-0.3, -0.25) is 0 Å². The molecule has 1 fully saturated rings. The lowest BCUT2D eigenvalue weighted by Gasteiger charge is -2.22. The van der Waals surface area contributed by atoms with Crippen molar-refractivity contribution in [3.63, 3.8) is 0 Å². The summed E-state index contributed by atoms with van der Waals surface area (Å²) in [6.45, 7) is 3.29. The van der Waals surface area contributed by atoms with E-state index in [4.69, 9.17) is 11.6 Å². The molecular formula is C9H14ClN3. The van der Waals surface area contributed by atoms with Crippen molar-refractivity contribution in [2.75, 3.05) is 13.1 Å². The normalized spacial score (nSPS) is 19.2. The van der Waals surface area contributed by atoms with Gasteiger partial charge in [-0.1, -0.05) is 11.6 Å². The second kappa shape index (κ2) is 4.11. The number of nitrogens with zero attached hydrogens (tertiary/aromatic N) is 2. The van der Waals surface area contributed by atoms with Gasteiger partial charge in [0.2, 0.25) is 0 Å². The molecule has 1 aliphatic rings. The molecule has 72 valence electrons. The molecule has 0 unspecified atom stereocenters. The Morgan fingerprint density at radius 3 is 2.92 bits per heavy atom. The van der Waals surface area contributed by atoms with Crippen LogP contribution in [-0.2, 0) is 6.54 Å². The lowest BCUT2D eigenvalue weighted by molar-refractivity contribution is 0.333. The summed E-state index contributed by atoms with van der Waals surface area (Å²) in [5.74, 6) is 0.757. The van der Waals surface area contributed by atoms with E-state index in [9.17, 15) is 0 Å². The van der Waals surface area contributed by atoms with E-state index < -0.39 is 0 Å². The number of rotatable bonds is 2. The first-order chi connectivity index (χ1) is 6.36. The lowest BCUT2D eigenvalue weighted by atomic mass is 9.98. The van der Waals surface area contributed by atoms with Crippen molar-refractivity contribution in [1.82, 2.24) is 14.9 Å². The lowest BCUT2D eigenvalue weighted by Crippen LogP contribution is -2.29. The summed E-state index contributed by atoms with van der Waals surface area (Å²) in [4.78, 5) is 4.00. The molecule has 3 nitrogen and oxygen atoms in total. The van der Waals surface area contributed by atoms with Crippen molar-refractivity contribution in [2.24, 2.45) is 5.92 Å². The third-order valence-corrected chi connectivity index (χ3v) is 2.89. The second-order valence-electron chi connectivity index (χ2n) is 3.56. The predicted octanol–water partition coefficient (Wildman–Crippen LogP) is 1.54. The van der Waals surface area contributed by atoms with Gasteiger partial charge in [-0.05, 0) is 31.8 Å². The van der Waals surface area contributed by atoms with Crippen LogP contribution >= 0.6 is 11.6 Å². The van der Waals surface area contributed by atoms with Crippen LogP contribution in [0.4, 0.5) is 0 Å². The van der Waals surface area contributed by atoms with Gasteiger partial charge in [0.05, 0.1) is 12.5 Å². The highest BCUT2D eigenvalue weighted by atomic mass is 35.5. The molecule has 0 saturated carbocycles. The largest absolute Gasteiger partial charge is 0.321 e. The summed E-state index contributed by atoms with van der Waals surface area (Å²) >= 11 is 5.94. The van der Waals surface area contributed by atoms with E-state index in [0.717, 1.165) is 30.7 Å². The predicted molar refractivity (Wildman–Crippen MR) is 52.8 cm³/mol. The fourth-order valence-corrected chi connectivity index (χ4v) is 1.95. The molecule has 2 rings (SSSR count). The molecule has 0 atom stereocenters.